The first-order valence-corrected chi connectivity index (χ1v) is 7.41. The number of carbonyl (C=O) groups is 1. The normalized spacial score (nSPS) is 14.4. The Labute approximate surface area is 125 Å². The van der Waals surface area contributed by atoms with Crippen LogP contribution in [0.1, 0.15) is 32.6 Å². The average Bonchev–Trinajstić information content (AvgIpc) is 2.89. The Bertz CT molecular complexity index is 585. The Morgan fingerprint density at radius 2 is 1.95 bits per heavy atom. The summed E-state index contributed by atoms with van der Waals surface area (Å²) in [6, 6.07) is 9.75. The van der Waals surface area contributed by atoms with Crippen molar-refractivity contribution in [3.05, 3.63) is 36.1 Å². The van der Waals surface area contributed by atoms with Crippen LogP contribution < -0.4 is 5.73 Å². The van der Waals surface area contributed by atoms with Gasteiger partial charge in [-0.3, -0.25) is 4.79 Å². The van der Waals surface area contributed by atoms with Gasteiger partial charge in [0.2, 0.25) is 5.91 Å². The van der Waals surface area contributed by atoms with Gasteiger partial charge in [-0.25, -0.2) is 0 Å². The molecule has 2 N–H and O–H groups in total. The highest BCUT2D eigenvalue weighted by atomic mass is 16.3. The largest absolute Gasteiger partial charge is 0.459 e. The number of furan rings is 1. The van der Waals surface area contributed by atoms with E-state index in [2.05, 4.69) is 0 Å². The molecular formula is C17H24N2O2. The van der Waals surface area contributed by atoms with Crippen molar-refractivity contribution in [2.75, 3.05) is 13.6 Å². The molecule has 0 aliphatic heterocycles. The van der Waals surface area contributed by atoms with Crippen molar-refractivity contribution in [2.45, 2.75) is 26.8 Å². The molecule has 0 bridgehead atoms. The first kappa shape index (κ1) is 15.6. The first-order valence-electron chi connectivity index (χ1n) is 7.41. The van der Waals surface area contributed by atoms with Gasteiger partial charge >= 0.3 is 0 Å². The van der Waals surface area contributed by atoms with Crippen LogP contribution in [0.4, 0.5) is 0 Å². The lowest BCUT2D eigenvalue weighted by Crippen LogP contribution is -2.40. The number of benzene rings is 1. The van der Waals surface area contributed by atoms with E-state index in [9.17, 15) is 4.79 Å². The van der Waals surface area contributed by atoms with E-state index in [1.807, 2.05) is 58.2 Å². The molecule has 0 radical (unpaired) electrons. The van der Waals surface area contributed by atoms with Gasteiger partial charge in [-0.05, 0) is 25.0 Å². The molecule has 0 aliphatic rings. The van der Waals surface area contributed by atoms with E-state index in [-0.39, 0.29) is 23.8 Å². The summed E-state index contributed by atoms with van der Waals surface area (Å²) in [5.41, 5.74) is 6.59. The van der Waals surface area contributed by atoms with Crippen molar-refractivity contribution < 1.29 is 9.21 Å². The van der Waals surface area contributed by atoms with Crippen LogP contribution in [0.25, 0.3) is 11.0 Å². The van der Waals surface area contributed by atoms with Crippen molar-refractivity contribution in [2.24, 2.45) is 17.6 Å². The molecule has 1 heterocycles. The highest BCUT2D eigenvalue weighted by Gasteiger charge is 2.28. The Hall–Kier alpha value is -1.81. The minimum atomic E-state index is -0.151. The second-order valence-corrected chi connectivity index (χ2v) is 5.90. The second-order valence-electron chi connectivity index (χ2n) is 5.90. The lowest BCUT2D eigenvalue weighted by Gasteiger charge is -2.29. The Morgan fingerprint density at radius 1 is 1.29 bits per heavy atom. The first-order chi connectivity index (χ1) is 9.95. The molecule has 1 aromatic carbocycles. The molecular weight excluding hydrogens is 264 g/mol. The van der Waals surface area contributed by atoms with Crippen molar-refractivity contribution in [1.29, 1.82) is 0 Å². The minimum Gasteiger partial charge on any atom is -0.459 e. The maximum absolute atomic E-state index is 12.5. The molecule has 0 aliphatic carbocycles. The molecule has 4 heteroatoms. The Kier molecular flexibility index (Phi) is 4.68. The summed E-state index contributed by atoms with van der Waals surface area (Å²) in [6.45, 7) is 6.39. The number of amides is 1. The SMILES string of the molecule is CC(C)C(CN)C(=O)N(C)C(C)c1cc2ccccc2o1. The van der Waals surface area contributed by atoms with Crippen LogP contribution in [0.5, 0.6) is 0 Å². The summed E-state index contributed by atoms with van der Waals surface area (Å²) in [6.07, 6.45) is 0. The zero-order valence-electron chi connectivity index (χ0n) is 13.2. The summed E-state index contributed by atoms with van der Waals surface area (Å²) in [5, 5.41) is 1.06. The minimum absolute atomic E-state index is 0.0699. The van der Waals surface area contributed by atoms with Gasteiger partial charge in [0.25, 0.3) is 0 Å². The third-order valence-corrected chi connectivity index (χ3v) is 4.16. The fourth-order valence-corrected chi connectivity index (χ4v) is 2.51. The van der Waals surface area contributed by atoms with Crippen LogP contribution >= 0.6 is 0 Å². The zero-order valence-corrected chi connectivity index (χ0v) is 13.2. The van der Waals surface area contributed by atoms with Crippen LogP contribution in [0, 0.1) is 11.8 Å². The third kappa shape index (κ3) is 3.10. The summed E-state index contributed by atoms with van der Waals surface area (Å²) >= 11 is 0. The van der Waals surface area contributed by atoms with E-state index in [1.165, 1.54) is 0 Å². The van der Waals surface area contributed by atoms with Crippen LogP contribution in [0.2, 0.25) is 0 Å². The summed E-state index contributed by atoms with van der Waals surface area (Å²) < 4.78 is 5.85. The quantitative estimate of drug-likeness (QED) is 0.919. The monoisotopic (exact) mass is 288 g/mol. The third-order valence-electron chi connectivity index (χ3n) is 4.16. The van der Waals surface area contributed by atoms with E-state index in [4.69, 9.17) is 10.2 Å². The number of carbonyl (C=O) groups excluding carboxylic acids is 1. The van der Waals surface area contributed by atoms with Crippen molar-refractivity contribution in [3.8, 4) is 0 Å². The number of para-hydroxylation sites is 1. The van der Waals surface area contributed by atoms with Crippen LogP contribution in [0.3, 0.4) is 0 Å². The maximum Gasteiger partial charge on any atom is 0.227 e. The summed E-state index contributed by atoms with van der Waals surface area (Å²) in [4.78, 5) is 14.3. The highest BCUT2D eigenvalue weighted by Crippen LogP contribution is 2.28. The van der Waals surface area contributed by atoms with E-state index >= 15 is 0 Å². The molecule has 2 unspecified atom stereocenters. The second kappa shape index (κ2) is 6.31. The number of rotatable bonds is 5. The van der Waals surface area contributed by atoms with Crippen LogP contribution in [-0.2, 0) is 4.79 Å². The van der Waals surface area contributed by atoms with E-state index < -0.39 is 0 Å². The van der Waals surface area contributed by atoms with E-state index in [0.717, 1.165) is 16.7 Å². The summed E-state index contributed by atoms with van der Waals surface area (Å²) in [5.74, 6) is 0.946. The number of hydrogen-bond donors (Lipinski definition) is 1. The van der Waals surface area contributed by atoms with E-state index in [0.29, 0.717) is 6.54 Å². The molecule has 2 atom stereocenters. The Balaban J connectivity index is 2.21. The molecule has 1 aromatic heterocycles. The van der Waals surface area contributed by atoms with Crippen molar-refractivity contribution >= 4 is 16.9 Å². The number of nitrogens with zero attached hydrogens (tertiary/aromatic N) is 1. The topological polar surface area (TPSA) is 59.5 Å². The van der Waals surface area contributed by atoms with Gasteiger partial charge in [-0.2, -0.15) is 0 Å². The van der Waals surface area contributed by atoms with Gasteiger partial charge in [0.15, 0.2) is 0 Å². The molecule has 2 aromatic rings. The molecule has 4 nitrogen and oxygen atoms in total. The van der Waals surface area contributed by atoms with Gasteiger partial charge in [0.05, 0.1) is 12.0 Å². The Morgan fingerprint density at radius 3 is 2.52 bits per heavy atom. The molecule has 0 spiro atoms. The highest BCUT2D eigenvalue weighted by molar-refractivity contribution is 5.80. The maximum atomic E-state index is 12.5. The predicted octanol–water partition coefficient (Wildman–Crippen LogP) is 3.18. The predicted molar refractivity (Wildman–Crippen MR) is 84.8 cm³/mol. The van der Waals surface area contributed by atoms with Crippen molar-refractivity contribution in [1.82, 2.24) is 4.90 Å². The van der Waals surface area contributed by atoms with Gasteiger partial charge < -0.3 is 15.1 Å². The van der Waals surface area contributed by atoms with Gasteiger partial charge in [-0.15, -0.1) is 0 Å². The number of hydrogen-bond acceptors (Lipinski definition) is 3. The fourth-order valence-electron chi connectivity index (χ4n) is 2.51. The average molecular weight is 288 g/mol. The molecule has 0 saturated heterocycles. The van der Waals surface area contributed by atoms with E-state index in [1.54, 1.807) is 4.90 Å². The molecule has 2 rings (SSSR count). The van der Waals surface area contributed by atoms with Gasteiger partial charge in [-0.1, -0.05) is 32.0 Å². The summed E-state index contributed by atoms with van der Waals surface area (Å²) in [7, 11) is 1.81. The molecule has 114 valence electrons. The molecule has 0 fully saturated rings. The smallest absolute Gasteiger partial charge is 0.227 e. The fraction of sp³-hybridized carbons (Fsp3) is 0.471. The zero-order chi connectivity index (χ0) is 15.6. The molecule has 0 saturated carbocycles. The lowest BCUT2D eigenvalue weighted by atomic mass is 9.94. The number of fused-ring (bicyclic) bond motifs is 1. The molecule has 21 heavy (non-hydrogen) atoms. The van der Waals surface area contributed by atoms with Crippen LogP contribution in [-0.4, -0.2) is 24.4 Å². The van der Waals surface area contributed by atoms with Gasteiger partial charge in [0, 0.05) is 19.0 Å². The lowest BCUT2D eigenvalue weighted by molar-refractivity contribution is -0.137. The molecule has 1 amide bonds. The van der Waals surface area contributed by atoms with Crippen molar-refractivity contribution in [3.63, 3.8) is 0 Å². The standard InChI is InChI=1S/C17H24N2O2/c1-11(2)14(10-18)17(20)19(4)12(3)16-9-13-7-5-6-8-15(13)21-16/h5-9,11-12,14H,10,18H2,1-4H3. The van der Waals surface area contributed by atoms with Crippen LogP contribution in [0.15, 0.2) is 34.7 Å². The van der Waals surface area contributed by atoms with Gasteiger partial charge in [0.1, 0.15) is 11.3 Å². The number of nitrogens with two attached hydrogens (primary N) is 1.